The fourth-order valence-corrected chi connectivity index (χ4v) is 3.32. The lowest BCUT2D eigenvalue weighted by Gasteiger charge is -2.36. The molecular weight excluding hydrogens is 304 g/mol. The van der Waals surface area contributed by atoms with Gasteiger partial charge in [-0.2, -0.15) is 4.98 Å². The monoisotopic (exact) mass is 330 g/mol. The summed E-state index contributed by atoms with van der Waals surface area (Å²) in [7, 11) is -2.85. The number of aryl methyl sites for hydroxylation is 1. The lowest BCUT2D eigenvalue weighted by atomic mass is 10.2. The van der Waals surface area contributed by atoms with E-state index in [1.807, 2.05) is 6.92 Å². The molecule has 2 heterocycles. The summed E-state index contributed by atoms with van der Waals surface area (Å²) >= 11 is 0. The minimum atomic E-state index is -2.85. The summed E-state index contributed by atoms with van der Waals surface area (Å²) in [6.07, 6.45) is 2.78. The largest absolute Gasteiger partial charge is 0.338 e. The highest BCUT2D eigenvalue weighted by atomic mass is 32.2. The molecule has 22 heavy (non-hydrogen) atoms. The zero-order valence-electron chi connectivity index (χ0n) is 13.7. The summed E-state index contributed by atoms with van der Waals surface area (Å²) < 4.78 is 27.6. The highest BCUT2D eigenvalue weighted by Gasteiger charge is 2.25. The third-order valence-electron chi connectivity index (χ3n) is 4.10. The molecule has 2 rings (SSSR count). The van der Waals surface area contributed by atoms with Crippen LogP contribution in [0.1, 0.15) is 38.0 Å². The van der Waals surface area contributed by atoms with Crippen LogP contribution >= 0.6 is 0 Å². The van der Waals surface area contributed by atoms with Crippen LogP contribution < -0.4 is 0 Å². The van der Waals surface area contributed by atoms with Gasteiger partial charge in [0.15, 0.2) is 5.82 Å². The molecule has 7 nitrogen and oxygen atoms in total. The molecular formula is C14H26N4O3S. The van der Waals surface area contributed by atoms with Gasteiger partial charge >= 0.3 is 0 Å². The Morgan fingerprint density at radius 3 is 2.50 bits per heavy atom. The maximum Gasteiger partial charge on any atom is 0.243 e. The predicted molar refractivity (Wildman–Crippen MR) is 84.4 cm³/mol. The molecule has 0 N–H and O–H groups in total. The van der Waals surface area contributed by atoms with E-state index in [1.54, 1.807) is 0 Å². The molecule has 126 valence electrons. The Hall–Kier alpha value is -0.990. The van der Waals surface area contributed by atoms with Crippen LogP contribution in [0.25, 0.3) is 0 Å². The van der Waals surface area contributed by atoms with Gasteiger partial charge in [-0.05, 0) is 19.9 Å². The second kappa shape index (κ2) is 7.52. The van der Waals surface area contributed by atoms with Gasteiger partial charge in [-0.15, -0.1) is 0 Å². The van der Waals surface area contributed by atoms with Crippen molar-refractivity contribution in [2.45, 2.75) is 32.7 Å². The molecule has 0 spiro atoms. The van der Waals surface area contributed by atoms with E-state index >= 15 is 0 Å². The molecule has 1 unspecified atom stereocenters. The number of piperazine rings is 1. The first-order valence-corrected chi connectivity index (χ1v) is 9.91. The van der Waals surface area contributed by atoms with Crippen LogP contribution in [0, 0.1) is 0 Å². The van der Waals surface area contributed by atoms with E-state index in [1.165, 1.54) is 6.26 Å². The minimum Gasteiger partial charge on any atom is -0.338 e. The lowest BCUT2D eigenvalue weighted by molar-refractivity contribution is 0.0885. The summed E-state index contributed by atoms with van der Waals surface area (Å²) in [5.41, 5.74) is 0. The maximum absolute atomic E-state index is 11.1. The van der Waals surface area contributed by atoms with Crippen molar-refractivity contribution in [3.8, 4) is 0 Å². The van der Waals surface area contributed by atoms with Crippen molar-refractivity contribution >= 4 is 9.84 Å². The molecule has 1 aliphatic rings. The smallest absolute Gasteiger partial charge is 0.243 e. The molecule has 0 bridgehead atoms. The standard InChI is InChI=1S/C14H26N4O3S/c1-4-13-15-14(21-16-13)12(2)18-9-7-17(8-10-18)6-5-11-22(3,19)20/h12H,4-11H2,1-3H3. The van der Waals surface area contributed by atoms with Crippen LogP contribution in [-0.2, 0) is 16.3 Å². The van der Waals surface area contributed by atoms with E-state index in [0.29, 0.717) is 12.3 Å². The SMILES string of the molecule is CCc1noc(C(C)N2CCN(CCCS(C)(=O)=O)CC2)n1. The van der Waals surface area contributed by atoms with E-state index in [9.17, 15) is 8.42 Å². The fourth-order valence-electron chi connectivity index (χ4n) is 2.66. The van der Waals surface area contributed by atoms with Crippen molar-refractivity contribution in [3.63, 3.8) is 0 Å². The number of sulfone groups is 1. The number of nitrogens with zero attached hydrogens (tertiary/aromatic N) is 4. The molecule has 0 saturated carbocycles. The Kier molecular flexibility index (Phi) is 5.94. The van der Waals surface area contributed by atoms with Crippen LogP contribution in [0.2, 0.25) is 0 Å². The quantitative estimate of drug-likeness (QED) is 0.729. The van der Waals surface area contributed by atoms with E-state index in [2.05, 4.69) is 26.9 Å². The van der Waals surface area contributed by atoms with Gasteiger partial charge in [-0.25, -0.2) is 8.42 Å². The van der Waals surface area contributed by atoms with E-state index in [-0.39, 0.29) is 11.8 Å². The minimum absolute atomic E-state index is 0.131. The number of aromatic nitrogens is 2. The van der Waals surface area contributed by atoms with Gasteiger partial charge < -0.3 is 9.42 Å². The average molecular weight is 330 g/mol. The molecule has 8 heteroatoms. The first kappa shape index (κ1) is 17.4. The van der Waals surface area contributed by atoms with Crippen molar-refractivity contribution < 1.29 is 12.9 Å². The fraction of sp³-hybridized carbons (Fsp3) is 0.857. The topological polar surface area (TPSA) is 79.5 Å². The Morgan fingerprint density at radius 2 is 1.95 bits per heavy atom. The third-order valence-corrected chi connectivity index (χ3v) is 5.13. The summed E-state index contributed by atoms with van der Waals surface area (Å²) in [4.78, 5) is 9.05. The highest BCUT2D eigenvalue weighted by Crippen LogP contribution is 2.20. The molecule has 0 amide bonds. The van der Waals surface area contributed by atoms with Gasteiger partial charge in [0.25, 0.3) is 0 Å². The molecule has 0 radical (unpaired) electrons. The van der Waals surface area contributed by atoms with Gasteiger partial charge in [0, 0.05) is 38.9 Å². The Bertz CT molecular complexity index is 564. The van der Waals surface area contributed by atoms with Crippen LogP contribution in [0.15, 0.2) is 4.52 Å². The lowest BCUT2D eigenvalue weighted by Crippen LogP contribution is -2.47. The van der Waals surface area contributed by atoms with Crippen molar-refractivity contribution in [2.24, 2.45) is 0 Å². The van der Waals surface area contributed by atoms with Gasteiger partial charge in [-0.3, -0.25) is 4.90 Å². The summed E-state index contributed by atoms with van der Waals surface area (Å²) in [5.74, 6) is 1.70. The number of rotatable bonds is 7. The van der Waals surface area contributed by atoms with Crippen LogP contribution in [0.4, 0.5) is 0 Å². The van der Waals surface area contributed by atoms with Crippen LogP contribution in [-0.4, -0.2) is 73.1 Å². The molecule has 1 atom stereocenters. The zero-order chi connectivity index (χ0) is 16.2. The van der Waals surface area contributed by atoms with E-state index in [4.69, 9.17) is 4.52 Å². The Morgan fingerprint density at radius 1 is 1.27 bits per heavy atom. The van der Waals surface area contributed by atoms with Gasteiger partial charge in [0.05, 0.1) is 11.8 Å². The highest BCUT2D eigenvalue weighted by molar-refractivity contribution is 7.90. The second-order valence-electron chi connectivity index (χ2n) is 5.94. The van der Waals surface area contributed by atoms with Crippen molar-refractivity contribution in [2.75, 3.05) is 44.7 Å². The maximum atomic E-state index is 11.1. The molecule has 1 fully saturated rings. The van der Waals surface area contributed by atoms with Crippen molar-refractivity contribution in [3.05, 3.63) is 11.7 Å². The zero-order valence-corrected chi connectivity index (χ0v) is 14.5. The van der Waals surface area contributed by atoms with Crippen LogP contribution in [0.3, 0.4) is 0 Å². The Labute approximate surface area is 132 Å². The average Bonchev–Trinajstić information content (AvgIpc) is 2.95. The molecule has 1 aromatic rings. The number of hydrogen-bond donors (Lipinski definition) is 0. The first-order chi connectivity index (χ1) is 10.4. The third kappa shape index (κ3) is 5.03. The van der Waals surface area contributed by atoms with Gasteiger partial charge in [-0.1, -0.05) is 12.1 Å². The van der Waals surface area contributed by atoms with E-state index < -0.39 is 9.84 Å². The molecule has 0 aliphatic carbocycles. The van der Waals surface area contributed by atoms with Crippen molar-refractivity contribution in [1.82, 2.24) is 19.9 Å². The number of hydrogen-bond acceptors (Lipinski definition) is 7. The first-order valence-electron chi connectivity index (χ1n) is 7.85. The molecule has 0 aromatic carbocycles. The Balaban J connectivity index is 1.76. The van der Waals surface area contributed by atoms with Gasteiger partial charge in [0.1, 0.15) is 9.84 Å². The predicted octanol–water partition coefficient (Wildman–Crippen LogP) is 0.745. The van der Waals surface area contributed by atoms with E-state index in [0.717, 1.165) is 45.0 Å². The van der Waals surface area contributed by atoms with Gasteiger partial charge in [0.2, 0.25) is 5.89 Å². The molecule has 1 aromatic heterocycles. The molecule has 1 aliphatic heterocycles. The summed E-state index contributed by atoms with van der Waals surface area (Å²) in [6.45, 7) is 8.70. The second-order valence-corrected chi connectivity index (χ2v) is 8.20. The van der Waals surface area contributed by atoms with Crippen LogP contribution in [0.5, 0.6) is 0 Å². The van der Waals surface area contributed by atoms with Crippen molar-refractivity contribution in [1.29, 1.82) is 0 Å². The summed E-state index contributed by atoms with van der Waals surface area (Å²) in [6, 6.07) is 0.131. The molecule has 1 saturated heterocycles. The summed E-state index contributed by atoms with van der Waals surface area (Å²) in [5, 5.41) is 3.95. The normalized spacial score (nSPS) is 19.4.